The van der Waals surface area contributed by atoms with Crippen molar-refractivity contribution in [1.82, 2.24) is 14.9 Å². The summed E-state index contributed by atoms with van der Waals surface area (Å²) in [6, 6.07) is 26.5. The van der Waals surface area contributed by atoms with Gasteiger partial charge >= 0.3 is 0 Å². The van der Waals surface area contributed by atoms with Gasteiger partial charge in [-0.25, -0.2) is 4.98 Å². The first-order valence-electron chi connectivity index (χ1n) is 11.3. The minimum Gasteiger partial charge on any atom is -0.352 e. The second kappa shape index (κ2) is 9.39. The van der Waals surface area contributed by atoms with E-state index in [4.69, 9.17) is 4.98 Å². The molecule has 0 spiro atoms. The van der Waals surface area contributed by atoms with Gasteiger partial charge in [0.25, 0.3) is 5.91 Å². The molecule has 4 aromatic rings. The fraction of sp³-hybridized carbons (Fsp3) is 0.286. The Morgan fingerprint density at radius 1 is 0.906 bits per heavy atom. The van der Waals surface area contributed by atoms with Crippen molar-refractivity contribution in [3.05, 3.63) is 101 Å². The molecule has 32 heavy (non-hydrogen) atoms. The monoisotopic (exact) mass is 425 g/mol. The average Bonchev–Trinajstić information content (AvgIpc) is 3.14. The van der Waals surface area contributed by atoms with Crippen LogP contribution in [0.5, 0.6) is 0 Å². The van der Waals surface area contributed by atoms with E-state index in [1.165, 1.54) is 11.1 Å². The number of carbonyl (C=O) groups excluding carboxylic acids is 1. The highest BCUT2D eigenvalue weighted by molar-refractivity contribution is 5.94. The summed E-state index contributed by atoms with van der Waals surface area (Å²) in [5, 5.41) is 3.02. The Morgan fingerprint density at radius 3 is 2.31 bits per heavy atom. The van der Waals surface area contributed by atoms with E-state index < -0.39 is 0 Å². The summed E-state index contributed by atoms with van der Waals surface area (Å²) >= 11 is 0. The van der Waals surface area contributed by atoms with Crippen molar-refractivity contribution in [2.45, 2.75) is 45.6 Å². The number of carbonyl (C=O) groups is 1. The van der Waals surface area contributed by atoms with E-state index in [2.05, 4.69) is 73.1 Å². The zero-order valence-corrected chi connectivity index (χ0v) is 19.1. The fourth-order valence-electron chi connectivity index (χ4n) is 3.93. The van der Waals surface area contributed by atoms with Crippen molar-refractivity contribution in [2.75, 3.05) is 6.54 Å². The van der Waals surface area contributed by atoms with E-state index in [-0.39, 0.29) is 11.3 Å². The molecule has 0 unspecified atom stereocenters. The summed E-state index contributed by atoms with van der Waals surface area (Å²) in [5.74, 6) is 1.03. The third-order valence-corrected chi connectivity index (χ3v) is 5.79. The quantitative estimate of drug-likeness (QED) is 0.384. The Balaban J connectivity index is 1.46. The molecule has 0 bridgehead atoms. The molecule has 3 aromatic carbocycles. The molecule has 0 fully saturated rings. The van der Waals surface area contributed by atoms with Gasteiger partial charge in [-0.15, -0.1) is 0 Å². The van der Waals surface area contributed by atoms with Crippen LogP contribution in [0, 0.1) is 0 Å². The summed E-state index contributed by atoms with van der Waals surface area (Å²) in [6.07, 6.45) is 1.65. The second-order valence-electron chi connectivity index (χ2n) is 9.28. The van der Waals surface area contributed by atoms with Crippen LogP contribution < -0.4 is 5.32 Å². The molecule has 0 saturated carbocycles. The SMILES string of the molecule is CC(C)(C)c1ccc(Cn2c(CCCNC(=O)c3ccccc3)nc3ccccc32)cc1. The largest absolute Gasteiger partial charge is 0.352 e. The topological polar surface area (TPSA) is 46.9 Å². The molecule has 0 saturated heterocycles. The lowest BCUT2D eigenvalue weighted by Crippen LogP contribution is -2.24. The first-order chi connectivity index (χ1) is 15.4. The zero-order valence-electron chi connectivity index (χ0n) is 19.1. The summed E-state index contributed by atoms with van der Waals surface area (Å²) in [7, 11) is 0. The minimum atomic E-state index is -0.0296. The molecule has 4 rings (SSSR count). The van der Waals surface area contributed by atoms with Crippen LogP contribution in [0.4, 0.5) is 0 Å². The maximum atomic E-state index is 12.3. The molecule has 1 heterocycles. The number of hydrogen-bond acceptors (Lipinski definition) is 2. The van der Waals surface area contributed by atoms with Crippen LogP contribution in [-0.4, -0.2) is 22.0 Å². The molecular weight excluding hydrogens is 394 g/mol. The number of amides is 1. The number of aryl methyl sites for hydroxylation is 1. The van der Waals surface area contributed by atoms with Gasteiger partial charge in [-0.1, -0.05) is 75.4 Å². The highest BCUT2D eigenvalue weighted by Gasteiger charge is 2.14. The molecule has 0 radical (unpaired) electrons. The minimum absolute atomic E-state index is 0.0296. The number of benzene rings is 3. The lowest BCUT2D eigenvalue weighted by Gasteiger charge is -2.19. The van der Waals surface area contributed by atoms with Crippen LogP contribution in [0.2, 0.25) is 0 Å². The van der Waals surface area contributed by atoms with Crippen LogP contribution in [-0.2, 0) is 18.4 Å². The maximum Gasteiger partial charge on any atom is 0.251 e. The molecule has 164 valence electrons. The van der Waals surface area contributed by atoms with Gasteiger partial charge in [0.05, 0.1) is 11.0 Å². The number of nitrogens with zero attached hydrogens (tertiary/aromatic N) is 2. The van der Waals surface area contributed by atoms with E-state index in [1.54, 1.807) is 0 Å². The van der Waals surface area contributed by atoms with Crippen molar-refractivity contribution in [3.63, 3.8) is 0 Å². The van der Waals surface area contributed by atoms with E-state index in [9.17, 15) is 4.79 Å². The van der Waals surface area contributed by atoms with E-state index in [0.717, 1.165) is 36.2 Å². The first-order valence-corrected chi connectivity index (χ1v) is 11.3. The molecule has 4 heteroatoms. The molecule has 1 aromatic heterocycles. The average molecular weight is 426 g/mol. The molecule has 1 amide bonds. The van der Waals surface area contributed by atoms with Gasteiger partial charge in [0.1, 0.15) is 5.82 Å². The van der Waals surface area contributed by atoms with Gasteiger partial charge < -0.3 is 9.88 Å². The third-order valence-electron chi connectivity index (χ3n) is 5.79. The van der Waals surface area contributed by atoms with Crippen molar-refractivity contribution in [1.29, 1.82) is 0 Å². The van der Waals surface area contributed by atoms with Crippen molar-refractivity contribution < 1.29 is 4.79 Å². The van der Waals surface area contributed by atoms with Crippen molar-refractivity contribution >= 4 is 16.9 Å². The van der Waals surface area contributed by atoms with E-state index >= 15 is 0 Å². The Labute approximate surface area is 190 Å². The summed E-state index contributed by atoms with van der Waals surface area (Å²) in [4.78, 5) is 17.2. The van der Waals surface area contributed by atoms with Gasteiger partial charge in [-0.05, 0) is 47.2 Å². The number of para-hydroxylation sites is 2. The summed E-state index contributed by atoms with van der Waals surface area (Å²) in [6.45, 7) is 8.12. The standard InChI is InChI=1S/C28H31N3O/c1-28(2,3)23-17-15-21(16-18-23)20-31-25-13-8-7-12-24(25)30-26(31)14-9-19-29-27(32)22-10-5-4-6-11-22/h4-8,10-13,15-18H,9,14,19-20H2,1-3H3,(H,29,32). The highest BCUT2D eigenvalue weighted by Crippen LogP contribution is 2.24. The van der Waals surface area contributed by atoms with E-state index in [0.29, 0.717) is 12.1 Å². The second-order valence-corrected chi connectivity index (χ2v) is 9.28. The first kappa shape index (κ1) is 21.8. The predicted octanol–water partition coefficient (Wildman–Crippen LogP) is 5.74. The zero-order chi connectivity index (χ0) is 22.6. The van der Waals surface area contributed by atoms with Crippen LogP contribution in [0.25, 0.3) is 11.0 Å². The van der Waals surface area contributed by atoms with Crippen molar-refractivity contribution in [2.24, 2.45) is 0 Å². The van der Waals surface area contributed by atoms with Crippen LogP contribution in [0.1, 0.15) is 54.5 Å². The van der Waals surface area contributed by atoms with Gasteiger partial charge in [0.15, 0.2) is 0 Å². The summed E-state index contributed by atoms with van der Waals surface area (Å²) in [5.41, 5.74) is 5.61. The van der Waals surface area contributed by atoms with Gasteiger partial charge in [-0.3, -0.25) is 4.79 Å². The van der Waals surface area contributed by atoms with Gasteiger partial charge in [-0.2, -0.15) is 0 Å². The Morgan fingerprint density at radius 2 is 1.59 bits per heavy atom. The lowest BCUT2D eigenvalue weighted by atomic mass is 9.87. The van der Waals surface area contributed by atoms with Crippen LogP contribution in [0.3, 0.4) is 0 Å². The molecule has 0 aliphatic rings. The Hall–Kier alpha value is -3.40. The lowest BCUT2D eigenvalue weighted by molar-refractivity contribution is 0.0953. The predicted molar refractivity (Wildman–Crippen MR) is 131 cm³/mol. The number of hydrogen-bond donors (Lipinski definition) is 1. The molecule has 0 atom stereocenters. The van der Waals surface area contributed by atoms with Crippen molar-refractivity contribution in [3.8, 4) is 0 Å². The molecular formula is C28H31N3O. The Kier molecular flexibility index (Phi) is 6.40. The summed E-state index contributed by atoms with van der Waals surface area (Å²) < 4.78 is 2.31. The molecule has 4 nitrogen and oxygen atoms in total. The maximum absolute atomic E-state index is 12.3. The highest BCUT2D eigenvalue weighted by atomic mass is 16.1. The Bertz CT molecular complexity index is 1190. The number of nitrogens with one attached hydrogen (secondary N) is 1. The number of aromatic nitrogens is 2. The number of imidazole rings is 1. The van der Waals surface area contributed by atoms with Gasteiger partial charge in [0.2, 0.25) is 0 Å². The normalized spacial score (nSPS) is 11.6. The smallest absolute Gasteiger partial charge is 0.251 e. The van der Waals surface area contributed by atoms with E-state index in [1.807, 2.05) is 36.4 Å². The third kappa shape index (κ3) is 5.08. The molecule has 0 aliphatic heterocycles. The van der Waals surface area contributed by atoms with Crippen LogP contribution >= 0.6 is 0 Å². The number of fused-ring (bicyclic) bond motifs is 1. The molecule has 0 aliphatic carbocycles. The number of rotatable bonds is 7. The van der Waals surface area contributed by atoms with Gasteiger partial charge in [0, 0.05) is 25.1 Å². The fourth-order valence-corrected chi connectivity index (χ4v) is 3.93. The van der Waals surface area contributed by atoms with Crippen LogP contribution in [0.15, 0.2) is 78.9 Å². The molecule has 1 N–H and O–H groups in total.